The summed E-state index contributed by atoms with van der Waals surface area (Å²) in [7, 11) is 0. The molecule has 11 heteroatoms. The van der Waals surface area contributed by atoms with E-state index < -0.39 is 51.2 Å². The van der Waals surface area contributed by atoms with Crippen molar-refractivity contribution < 1.29 is 31.9 Å². The van der Waals surface area contributed by atoms with Crippen LogP contribution in [0, 0.1) is 5.82 Å². The average molecular weight is 536 g/mol. The molecular weight excluding hydrogens is 517 g/mol. The zero-order chi connectivity index (χ0) is 25.1. The van der Waals surface area contributed by atoms with E-state index in [4.69, 9.17) is 32.8 Å². The second-order valence-electron chi connectivity index (χ2n) is 8.95. The number of nitrogens with zero attached hydrogens (tertiary/aromatic N) is 1. The van der Waals surface area contributed by atoms with E-state index in [1.54, 1.807) is 26.8 Å². The minimum atomic E-state index is -4.91. The quantitative estimate of drug-likeness (QED) is 0.234. The predicted molar refractivity (Wildman–Crippen MR) is 122 cm³/mol. The standard InChI is InChI=1S/C23H19Cl2F4NO3S/c1-21(2,3)32-20(31)14-5-4-12(13-6-7-34-19(13)14)17-10-22(33-30-17,23(27,28)29)11-8-15(24)18(26)16(25)9-11/h4-5,8-9H,6-7,10H2,1-3H3. The molecule has 0 spiro atoms. The van der Waals surface area contributed by atoms with Gasteiger partial charge in [-0.1, -0.05) is 34.4 Å². The van der Waals surface area contributed by atoms with E-state index in [2.05, 4.69) is 5.16 Å². The number of oxime groups is 1. The molecule has 4 nitrogen and oxygen atoms in total. The summed E-state index contributed by atoms with van der Waals surface area (Å²) in [6, 6.07) is 4.78. The number of alkyl halides is 3. The number of carbonyl (C=O) groups is 1. The lowest BCUT2D eigenvalue weighted by atomic mass is 9.85. The molecule has 1 unspecified atom stereocenters. The van der Waals surface area contributed by atoms with E-state index in [0.717, 1.165) is 12.1 Å². The number of benzene rings is 2. The third-order valence-corrected chi connectivity index (χ3v) is 7.14. The maximum atomic E-state index is 14.3. The topological polar surface area (TPSA) is 47.9 Å². The second-order valence-corrected chi connectivity index (χ2v) is 10.9. The van der Waals surface area contributed by atoms with Crippen LogP contribution in [0.1, 0.15) is 54.2 Å². The van der Waals surface area contributed by atoms with E-state index in [1.165, 1.54) is 17.8 Å². The first-order chi connectivity index (χ1) is 15.7. The predicted octanol–water partition coefficient (Wildman–Crippen LogP) is 7.32. The number of halogens is 6. The monoisotopic (exact) mass is 535 g/mol. The van der Waals surface area contributed by atoms with Gasteiger partial charge in [-0.05, 0) is 51.0 Å². The summed E-state index contributed by atoms with van der Waals surface area (Å²) in [6.45, 7) is 5.26. The largest absolute Gasteiger partial charge is 0.456 e. The van der Waals surface area contributed by atoms with Gasteiger partial charge in [0.25, 0.3) is 5.60 Å². The molecule has 0 saturated heterocycles. The fourth-order valence-corrected chi connectivity index (χ4v) is 5.59. The molecule has 1 atom stereocenters. The SMILES string of the molecule is CC(C)(C)OC(=O)c1ccc(C2=NOC(c3cc(Cl)c(F)c(Cl)c3)(C(F)(F)F)C2)c2c1SCC2. The van der Waals surface area contributed by atoms with Crippen molar-refractivity contribution in [1.29, 1.82) is 0 Å². The third-order valence-electron chi connectivity index (χ3n) is 5.42. The highest BCUT2D eigenvalue weighted by Crippen LogP contribution is 2.51. The van der Waals surface area contributed by atoms with Gasteiger partial charge in [0.2, 0.25) is 0 Å². The number of hydrogen-bond donors (Lipinski definition) is 0. The molecule has 0 aliphatic carbocycles. The molecule has 2 heterocycles. The fraction of sp³-hybridized carbons (Fsp3) is 0.391. The van der Waals surface area contributed by atoms with Gasteiger partial charge in [0.15, 0.2) is 5.82 Å². The van der Waals surface area contributed by atoms with Gasteiger partial charge in [0.05, 0.1) is 21.3 Å². The van der Waals surface area contributed by atoms with Crippen LogP contribution >= 0.6 is 35.0 Å². The normalized spacial score (nSPS) is 20.1. The molecule has 4 rings (SSSR count). The van der Waals surface area contributed by atoms with Gasteiger partial charge < -0.3 is 9.57 Å². The highest BCUT2D eigenvalue weighted by atomic mass is 35.5. The molecule has 0 radical (unpaired) electrons. The fourth-order valence-electron chi connectivity index (χ4n) is 3.90. The molecular formula is C23H19Cl2F4NO3S. The van der Waals surface area contributed by atoms with Crippen LogP contribution in [0.15, 0.2) is 34.3 Å². The first-order valence-electron chi connectivity index (χ1n) is 10.2. The molecule has 0 saturated carbocycles. The lowest BCUT2D eigenvalue weighted by Crippen LogP contribution is -2.42. The smallest absolute Gasteiger partial charge is 0.435 e. The van der Waals surface area contributed by atoms with Gasteiger partial charge in [-0.3, -0.25) is 0 Å². The minimum Gasteiger partial charge on any atom is -0.456 e. The number of thioether (sulfide) groups is 1. The lowest BCUT2D eigenvalue weighted by Gasteiger charge is -2.30. The van der Waals surface area contributed by atoms with Crippen LogP contribution in [-0.2, 0) is 21.6 Å². The van der Waals surface area contributed by atoms with Crippen LogP contribution in [0.25, 0.3) is 0 Å². The molecule has 34 heavy (non-hydrogen) atoms. The van der Waals surface area contributed by atoms with Crippen LogP contribution in [0.3, 0.4) is 0 Å². The van der Waals surface area contributed by atoms with E-state index in [0.29, 0.717) is 33.8 Å². The first kappa shape index (κ1) is 25.1. The molecule has 0 aromatic heterocycles. The van der Waals surface area contributed by atoms with Gasteiger partial charge in [-0.2, -0.15) is 13.2 Å². The van der Waals surface area contributed by atoms with Crippen LogP contribution in [0.4, 0.5) is 17.6 Å². The van der Waals surface area contributed by atoms with E-state index in [1.807, 2.05) is 0 Å². The zero-order valence-electron chi connectivity index (χ0n) is 18.3. The van der Waals surface area contributed by atoms with E-state index in [-0.39, 0.29) is 5.71 Å². The number of carbonyl (C=O) groups excluding carboxylic acids is 1. The number of rotatable bonds is 3. The molecule has 2 aliphatic heterocycles. The van der Waals surface area contributed by atoms with Crippen LogP contribution in [0.2, 0.25) is 10.0 Å². The number of fused-ring (bicyclic) bond motifs is 1. The van der Waals surface area contributed by atoms with Crippen molar-refractivity contribution >= 4 is 46.6 Å². The summed E-state index contributed by atoms with van der Waals surface area (Å²) in [5, 5.41) is 2.68. The Kier molecular flexibility index (Phi) is 6.36. The first-order valence-corrected chi connectivity index (χ1v) is 12.0. The van der Waals surface area contributed by atoms with Gasteiger partial charge in [0, 0.05) is 28.2 Å². The third kappa shape index (κ3) is 4.38. The second kappa shape index (κ2) is 8.60. The van der Waals surface area contributed by atoms with Crippen LogP contribution < -0.4 is 0 Å². The Hall–Kier alpha value is -1.97. The van der Waals surface area contributed by atoms with Crippen molar-refractivity contribution in [3.05, 3.63) is 62.4 Å². The number of ether oxygens (including phenoxy) is 1. The highest BCUT2D eigenvalue weighted by molar-refractivity contribution is 7.99. The van der Waals surface area contributed by atoms with E-state index >= 15 is 0 Å². The molecule has 0 bridgehead atoms. The van der Waals surface area contributed by atoms with E-state index in [9.17, 15) is 22.4 Å². The minimum absolute atomic E-state index is 0.0587. The molecule has 0 fully saturated rings. The summed E-state index contributed by atoms with van der Waals surface area (Å²) < 4.78 is 62.3. The zero-order valence-corrected chi connectivity index (χ0v) is 20.6. The maximum absolute atomic E-state index is 14.3. The Balaban J connectivity index is 1.74. The van der Waals surface area contributed by atoms with Crippen molar-refractivity contribution in [2.75, 3.05) is 5.75 Å². The van der Waals surface area contributed by atoms with Gasteiger partial charge >= 0.3 is 12.1 Å². The van der Waals surface area contributed by atoms with Crippen LogP contribution in [0.5, 0.6) is 0 Å². The Morgan fingerprint density at radius 1 is 1.18 bits per heavy atom. The van der Waals surface area contributed by atoms with Gasteiger partial charge in [-0.25, -0.2) is 9.18 Å². The summed E-state index contributed by atoms with van der Waals surface area (Å²) in [6.07, 6.45) is -5.03. The molecule has 0 N–H and O–H groups in total. The summed E-state index contributed by atoms with van der Waals surface area (Å²) in [4.78, 5) is 18.4. The maximum Gasteiger partial charge on any atom is 0.435 e. The number of hydrogen-bond acceptors (Lipinski definition) is 5. The molecule has 2 aromatic rings. The molecule has 2 aliphatic rings. The Labute approximate surface area is 207 Å². The lowest BCUT2D eigenvalue weighted by molar-refractivity contribution is -0.275. The summed E-state index contributed by atoms with van der Waals surface area (Å²) in [5.74, 6) is -0.866. The molecule has 2 aromatic carbocycles. The van der Waals surface area contributed by atoms with Crippen molar-refractivity contribution in [2.24, 2.45) is 5.16 Å². The average Bonchev–Trinajstić information content (AvgIpc) is 3.37. The Morgan fingerprint density at radius 3 is 2.41 bits per heavy atom. The van der Waals surface area contributed by atoms with Crippen molar-refractivity contribution in [3.8, 4) is 0 Å². The Morgan fingerprint density at radius 2 is 1.82 bits per heavy atom. The van der Waals surface area contributed by atoms with Gasteiger partial charge in [-0.15, -0.1) is 11.8 Å². The van der Waals surface area contributed by atoms with Crippen molar-refractivity contribution in [2.45, 2.75) is 55.9 Å². The Bertz CT molecular complexity index is 1190. The summed E-state index contributed by atoms with van der Waals surface area (Å²) >= 11 is 13.0. The van der Waals surface area contributed by atoms with Crippen molar-refractivity contribution in [1.82, 2.24) is 0 Å². The molecule has 0 amide bonds. The molecule has 182 valence electrons. The summed E-state index contributed by atoms with van der Waals surface area (Å²) in [5.41, 5.74) is -2.45. The van der Waals surface area contributed by atoms with Crippen LogP contribution in [-0.4, -0.2) is 29.2 Å². The highest BCUT2D eigenvalue weighted by Gasteiger charge is 2.62. The number of esters is 1. The van der Waals surface area contributed by atoms with Gasteiger partial charge in [0.1, 0.15) is 5.60 Å². The van der Waals surface area contributed by atoms with Crippen molar-refractivity contribution in [3.63, 3.8) is 0 Å².